The quantitative estimate of drug-likeness (QED) is 0.575. The number of hydrogen-bond acceptors (Lipinski definition) is 5. The summed E-state index contributed by atoms with van der Waals surface area (Å²) in [6.07, 6.45) is -1.17. The minimum atomic E-state index is -1.05. The van der Waals surface area contributed by atoms with Crippen LogP contribution < -0.4 is 10.6 Å². The molecule has 1 saturated heterocycles. The molecule has 1 heterocycles. The lowest BCUT2D eigenvalue weighted by Gasteiger charge is -2.15. The summed E-state index contributed by atoms with van der Waals surface area (Å²) < 4.78 is 5.67. The summed E-state index contributed by atoms with van der Waals surface area (Å²) in [4.78, 5) is 11.8. The second-order valence-electron chi connectivity index (χ2n) is 6.50. The standard InChI is InChI=1S/C17H23ClN2O4/c18-11-3-1-2-10(6-11)8-19-9-14-17(23)16(22)13(24-14)7-15(21)20-12-4-5-12/h1-3,6,12-14,16-17,19,22-23H,4-5,7-9H2,(H,20,21). The van der Waals surface area contributed by atoms with E-state index in [1.807, 2.05) is 24.3 Å². The van der Waals surface area contributed by atoms with Gasteiger partial charge in [-0.15, -0.1) is 0 Å². The Kier molecular flexibility index (Phi) is 5.73. The molecule has 1 aliphatic carbocycles. The molecule has 2 fully saturated rings. The Labute approximate surface area is 146 Å². The third kappa shape index (κ3) is 4.68. The number of nitrogens with one attached hydrogen (secondary N) is 2. The van der Waals surface area contributed by atoms with Crippen LogP contribution in [-0.2, 0) is 16.1 Å². The van der Waals surface area contributed by atoms with Crippen LogP contribution in [0.15, 0.2) is 24.3 Å². The van der Waals surface area contributed by atoms with Crippen molar-refractivity contribution in [3.05, 3.63) is 34.9 Å². The highest BCUT2D eigenvalue weighted by Crippen LogP contribution is 2.24. The maximum absolute atomic E-state index is 11.8. The summed E-state index contributed by atoms with van der Waals surface area (Å²) in [7, 11) is 0. The van der Waals surface area contributed by atoms with E-state index in [1.165, 1.54) is 0 Å². The number of ether oxygens (including phenoxy) is 1. The van der Waals surface area contributed by atoms with E-state index in [2.05, 4.69) is 10.6 Å². The van der Waals surface area contributed by atoms with E-state index in [1.54, 1.807) is 0 Å². The summed E-state index contributed by atoms with van der Waals surface area (Å²) in [6, 6.07) is 7.77. The topological polar surface area (TPSA) is 90.8 Å². The maximum atomic E-state index is 11.8. The Morgan fingerprint density at radius 3 is 2.71 bits per heavy atom. The van der Waals surface area contributed by atoms with Crippen LogP contribution in [0.3, 0.4) is 0 Å². The lowest BCUT2D eigenvalue weighted by atomic mass is 10.1. The minimum absolute atomic E-state index is 0.0690. The highest BCUT2D eigenvalue weighted by atomic mass is 35.5. The van der Waals surface area contributed by atoms with Gasteiger partial charge in [-0.25, -0.2) is 0 Å². The predicted molar refractivity (Wildman–Crippen MR) is 89.6 cm³/mol. The average Bonchev–Trinajstić information content (AvgIpc) is 3.31. The number of aliphatic hydroxyl groups excluding tert-OH is 2. The summed E-state index contributed by atoms with van der Waals surface area (Å²) in [5.74, 6) is -0.138. The van der Waals surface area contributed by atoms with Crippen molar-refractivity contribution in [3.8, 4) is 0 Å². The number of amides is 1. The monoisotopic (exact) mass is 354 g/mol. The van der Waals surface area contributed by atoms with Gasteiger partial charge < -0.3 is 25.6 Å². The van der Waals surface area contributed by atoms with Gasteiger partial charge in [-0.05, 0) is 30.5 Å². The van der Waals surface area contributed by atoms with Gasteiger partial charge in [-0.2, -0.15) is 0 Å². The molecule has 2 aliphatic rings. The molecular formula is C17H23ClN2O4. The molecule has 6 nitrogen and oxygen atoms in total. The lowest BCUT2D eigenvalue weighted by molar-refractivity contribution is -0.125. The number of carbonyl (C=O) groups is 1. The maximum Gasteiger partial charge on any atom is 0.222 e. The molecule has 132 valence electrons. The Balaban J connectivity index is 1.44. The molecule has 1 saturated carbocycles. The van der Waals surface area contributed by atoms with Crippen LogP contribution in [0, 0.1) is 0 Å². The second-order valence-corrected chi connectivity index (χ2v) is 6.94. The van der Waals surface area contributed by atoms with Crippen LogP contribution >= 0.6 is 11.6 Å². The molecule has 0 bridgehead atoms. The third-order valence-corrected chi connectivity index (χ3v) is 4.59. The minimum Gasteiger partial charge on any atom is -0.388 e. The van der Waals surface area contributed by atoms with Gasteiger partial charge in [-0.1, -0.05) is 23.7 Å². The smallest absolute Gasteiger partial charge is 0.222 e. The van der Waals surface area contributed by atoms with Crippen molar-refractivity contribution in [3.63, 3.8) is 0 Å². The fourth-order valence-corrected chi connectivity index (χ4v) is 3.08. The van der Waals surface area contributed by atoms with E-state index in [-0.39, 0.29) is 18.4 Å². The molecule has 4 atom stereocenters. The van der Waals surface area contributed by atoms with Crippen molar-refractivity contribution in [2.45, 2.75) is 56.3 Å². The number of aliphatic hydroxyl groups is 2. The number of hydrogen-bond donors (Lipinski definition) is 4. The van der Waals surface area contributed by atoms with Crippen molar-refractivity contribution in [2.75, 3.05) is 6.54 Å². The second kappa shape index (κ2) is 7.80. The molecule has 24 heavy (non-hydrogen) atoms. The van der Waals surface area contributed by atoms with Crippen LogP contribution in [0.25, 0.3) is 0 Å². The fraction of sp³-hybridized carbons (Fsp3) is 0.588. The van der Waals surface area contributed by atoms with Crippen molar-refractivity contribution < 1.29 is 19.7 Å². The van der Waals surface area contributed by atoms with Gasteiger partial charge >= 0.3 is 0 Å². The molecule has 4 N–H and O–H groups in total. The Morgan fingerprint density at radius 2 is 2.00 bits per heavy atom. The molecule has 1 amide bonds. The van der Waals surface area contributed by atoms with Crippen molar-refractivity contribution in [1.82, 2.24) is 10.6 Å². The summed E-state index contributed by atoms with van der Waals surface area (Å²) in [6.45, 7) is 0.960. The van der Waals surface area contributed by atoms with E-state index in [0.717, 1.165) is 18.4 Å². The van der Waals surface area contributed by atoms with Gasteiger partial charge in [0, 0.05) is 24.2 Å². The molecule has 0 spiro atoms. The molecular weight excluding hydrogens is 332 g/mol. The summed E-state index contributed by atoms with van der Waals surface area (Å²) >= 11 is 5.94. The molecule has 7 heteroatoms. The molecule has 1 aromatic carbocycles. The first-order valence-corrected chi connectivity index (χ1v) is 8.67. The lowest BCUT2D eigenvalue weighted by Crippen LogP contribution is -2.38. The van der Waals surface area contributed by atoms with Crippen molar-refractivity contribution in [2.24, 2.45) is 0 Å². The third-order valence-electron chi connectivity index (χ3n) is 4.35. The number of benzene rings is 1. The first-order chi connectivity index (χ1) is 11.5. The van der Waals surface area contributed by atoms with E-state index in [4.69, 9.17) is 16.3 Å². The largest absolute Gasteiger partial charge is 0.388 e. The van der Waals surface area contributed by atoms with Crippen molar-refractivity contribution >= 4 is 17.5 Å². The van der Waals surface area contributed by atoms with E-state index in [9.17, 15) is 15.0 Å². The molecule has 3 rings (SSSR count). The van der Waals surface area contributed by atoms with Crippen molar-refractivity contribution in [1.29, 1.82) is 0 Å². The van der Waals surface area contributed by atoms with Gasteiger partial charge in [0.1, 0.15) is 12.2 Å². The van der Waals surface area contributed by atoms with E-state index < -0.39 is 24.4 Å². The van der Waals surface area contributed by atoms with Crippen LogP contribution in [0.4, 0.5) is 0 Å². The molecule has 0 radical (unpaired) electrons. The zero-order chi connectivity index (χ0) is 17.1. The fourth-order valence-electron chi connectivity index (χ4n) is 2.87. The highest BCUT2D eigenvalue weighted by Gasteiger charge is 2.43. The predicted octanol–water partition coefficient (Wildman–Crippen LogP) is 0.587. The van der Waals surface area contributed by atoms with Gasteiger partial charge in [0.25, 0.3) is 0 Å². The average molecular weight is 355 g/mol. The number of rotatable bonds is 7. The van der Waals surface area contributed by atoms with Gasteiger partial charge in [0.15, 0.2) is 0 Å². The normalized spacial score (nSPS) is 29.6. The van der Waals surface area contributed by atoms with Crippen LogP contribution in [0.2, 0.25) is 5.02 Å². The van der Waals surface area contributed by atoms with E-state index >= 15 is 0 Å². The van der Waals surface area contributed by atoms with E-state index in [0.29, 0.717) is 18.1 Å². The first kappa shape index (κ1) is 17.6. The van der Waals surface area contributed by atoms with Crippen LogP contribution in [0.5, 0.6) is 0 Å². The number of carbonyl (C=O) groups excluding carboxylic acids is 1. The Bertz CT molecular complexity index is 581. The Hall–Kier alpha value is -1.18. The van der Waals surface area contributed by atoms with Gasteiger partial charge in [0.05, 0.1) is 18.6 Å². The molecule has 1 aliphatic heterocycles. The zero-order valence-electron chi connectivity index (χ0n) is 13.3. The van der Waals surface area contributed by atoms with Crippen LogP contribution in [0.1, 0.15) is 24.8 Å². The SMILES string of the molecule is O=C(CC1OC(CNCc2cccc(Cl)c2)C(O)C1O)NC1CC1. The molecule has 4 unspecified atom stereocenters. The summed E-state index contributed by atoms with van der Waals surface area (Å²) in [5, 5.41) is 26.9. The highest BCUT2D eigenvalue weighted by molar-refractivity contribution is 6.30. The zero-order valence-corrected chi connectivity index (χ0v) is 14.1. The summed E-state index contributed by atoms with van der Waals surface area (Å²) in [5.41, 5.74) is 1.02. The number of halogens is 1. The van der Waals surface area contributed by atoms with Gasteiger partial charge in [-0.3, -0.25) is 4.79 Å². The van der Waals surface area contributed by atoms with Crippen LogP contribution in [-0.4, -0.2) is 53.1 Å². The van der Waals surface area contributed by atoms with Gasteiger partial charge in [0.2, 0.25) is 5.91 Å². The Morgan fingerprint density at radius 1 is 1.25 bits per heavy atom. The first-order valence-electron chi connectivity index (χ1n) is 8.29. The molecule has 0 aromatic heterocycles. The molecule has 1 aromatic rings.